The van der Waals surface area contributed by atoms with Crippen LogP contribution in [0.5, 0.6) is 0 Å². The summed E-state index contributed by atoms with van der Waals surface area (Å²) in [5, 5.41) is 8.89. The van der Waals surface area contributed by atoms with E-state index < -0.39 is 0 Å². The van der Waals surface area contributed by atoms with Crippen LogP contribution in [0.4, 0.5) is 5.69 Å². The van der Waals surface area contributed by atoms with Gasteiger partial charge in [0.05, 0.1) is 16.0 Å². The van der Waals surface area contributed by atoms with E-state index in [2.05, 4.69) is 10.2 Å². The van der Waals surface area contributed by atoms with Crippen LogP contribution in [0.25, 0.3) is 11.5 Å². The van der Waals surface area contributed by atoms with Crippen LogP contribution in [-0.4, -0.2) is 27.9 Å². The van der Waals surface area contributed by atoms with Crippen molar-refractivity contribution in [3.05, 3.63) is 59.1 Å². The fraction of sp³-hybridized carbons (Fsp3) is 0.211. The average Bonchev–Trinajstić information content (AvgIpc) is 3.24. The van der Waals surface area contributed by atoms with Crippen LogP contribution in [-0.2, 0) is 4.79 Å². The summed E-state index contributed by atoms with van der Waals surface area (Å²) >= 11 is 7.53. The molecule has 5 nitrogen and oxygen atoms in total. The Hall–Kier alpha value is -2.31. The highest BCUT2D eigenvalue weighted by Crippen LogP contribution is 2.35. The van der Waals surface area contributed by atoms with Gasteiger partial charge >= 0.3 is 0 Å². The molecule has 26 heavy (non-hydrogen) atoms. The molecule has 0 N–H and O–H groups in total. The highest BCUT2D eigenvalue weighted by Gasteiger charge is 2.35. The van der Waals surface area contributed by atoms with Gasteiger partial charge < -0.3 is 9.32 Å². The third kappa shape index (κ3) is 3.34. The van der Waals surface area contributed by atoms with Gasteiger partial charge in [-0.05, 0) is 37.6 Å². The third-order valence-corrected chi connectivity index (χ3v) is 5.66. The summed E-state index contributed by atoms with van der Waals surface area (Å²) in [7, 11) is 0. The Morgan fingerprint density at radius 2 is 1.92 bits per heavy atom. The summed E-state index contributed by atoms with van der Waals surface area (Å²) in [5.41, 5.74) is 2.78. The molecule has 0 spiro atoms. The standard InChI is InChI=1S/C19H16ClN3O2S/c1-12-6-8-13(9-7-12)17-21-22-19(25-17)26-16-10-11-23(18(16)24)15-5-3-2-4-14(15)20/h2-9,16H,10-11H2,1H3. The molecule has 7 heteroatoms. The maximum absolute atomic E-state index is 12.7. The lowest BCUT2D eigenvalue weighted by atomic mass is 10.1. The number of nitrogens with zero attached hydrogens (tertiary/aromatic N) is 3. The molecular weight excluding hydrogens is 370 g/mol. The number of amides is 1. The van der Waals surface area contributed by atoms with Gasteiger partial charge in [-0.1, -0.05) is 53.2 Å². The molecule has 132 valence electrons. The van der Waals surface area contributed by atoms with Crippen molar-refractivity contribution in [2.24, 2.45) is 0 Å². The Balaban J connectivity index is 1.48. The lowest BCUT2D eigenvalue weighted by molar-refractivity contribution is -0.116. The van der Waals surface area contributed by atoms with Gasteiger partial charge in [0.1, 0.15) is 0 Å². The third-order valence-electron chi connectivity index (χ3n) is 4.25. The number of aryl methyl sites for hydroxylation is 1. The first-order valence-corrected chi connectivity index (χ1v) is 9.51. The van der Waals surface area contributed by atoms with Crippen molar-refractivity contribution >= 4 is 35.0 Å². The van der Waals surface area contributed by atoms with E-state index in [9.17, 15) is 4.79 Å². The molecule has 2 heterocycles. The molecule has 3 aromatic rings. The minimum Gasteiger partial charge on any atom is -0.411 e. The van der Waals surface area contributed by atoms with E-state index in [-0.39, 0.29) is 11.2 Å². The normalized spacial score (nSPS) is 17.1. The number of halogens is 1. The maximum Gasteiger partial charge on any atom is 0.277 e. The second-order valence-corrected chi connectivity index (χ2v) is 7.64. The topological polar surface area (TPSA) is 59.2 Å². The quantitative estimate of drug-likeness (QED) is 0.657. The molecule has 4 rings (SSSR count). The van der Waals surface area contributed by atoms with Crippen molar-refractivity contribution in [3.63, 3.8) is 0 Å². The van der Waals surface area contributed by atoms with Crippen molar-refractivity contribution in [1.82, 2.24) is 10.2 Å². The highest BCUT2D eigenvalue weighted by molar-refractivity contribution is 8.00. The summed E-state index contributed by atoms with van der Waals surface area (Å²) in [6.07, 6.45) is 0.705. The smallest absolute Gasteiger partial charge is 0.277 e. The van der Waals surface area contributed by atoms with Crippen LogP contribution in [0.3, 0.4) is 0 Å². The van der Waals surface area contributed by atoms with Crippen LogP contribution >= 0.6 is 23.4 Å². The predicted molar refractivity (Wildman–Crippen MR) is 103 cm³/mol. The molecule has 1 aliphatic rings. The van der Waals surface area contributed by atoms with E-state index >= 15 is 0 Å². The molecular formula is C19H16ClN3O2S. The minimum absolute atomic E-state index is 0.0122. The number of aromatic nitrogens is 2. The first-order valence-electron chi connectivity index (χ1n) is 8.25. The van der Waals surface area contributed by atoms with Gasteiger partial charge in [-0.3, -0.25) is 4.79 Å². The molecule has 1 fully saturated rings. The van der Waals surface area contributed by atoms with Gasteiger partial charge in [-0.2, -0.15) is 0 Å². The van der Waals surface area contributed by atoms with Crippen molar-refractivity contribution in [2.75, 3.05) is 11.4 Å². The summed E-state index contributed by atoms with van der Waals surface area (Å²) in [5.74, 6) is 0.471. The minimum atomic E-state index is -0.252. The number of anilines is 1. The number of benzene rings is 2. The zero-order valence-electron chi connectivity index (χ0n) is 14.1. The molecule has 1 aromatic heterocycles. The second-order valence-electron chi connectivity index (χ2n) is 6.08. The first kappa shape index (κ1) is 17.1. The lowest BCUT2D eigenvalue weighted by Crippen LogP contribution is -2.28. The average molecular weight is 386 g/mol. The van der Waals surface area contributed by atoms with E-state index in [1.54, 1.807) is 11.0 Å². The SMILES string of the molecule is Cc1ccc(-c2nnc(SC3CCN(c4ccccc4Cl)C3=O)o2)cc1. The monoisotopic (exact) mass is 385 g/mol. The fourth-order valence-electron chi connectivity index (χ4n) is 2.86. The van der Waals surface area contributed by atoms with Crippen LogP contribution in [0, 0.1) is 6.92 Å². The van der Waals surface area contributed by atoms with Gasteiger partial charge in [0.25, 0.3) is 5.22 Å². The van der Waals surface area contributed by atoms with E-state index in [0.717, 1.165) is 11.3 Å². The number of hydrogen-bond acceptors (Lipinski definition) is 5. The molecule has 0 bridgehead atoms. The molecule has 1 saturated heterocycles. The van der Waals surface area contributed by atoms with Crippen LogP contribution in [0.1, 0.15) is 12.0 Å². The predicted octanol–water partition coefficient (Wildman–Crippen LogP) is 4.60. The van der Waals surface area contributed by atoms with Crippen molar-refractivity contribution in [1.29, 1.82) is 0 Å². The Morgan fingerprint density at radius 3 is 2.69 bits per heavy atom. The molecule has 1 atom stereocenters. The summed E-state index contributed by atoms with van der Waals surface area (Å²) in [6, 6.07) is 15.2. The molecule has 0 radical (unpaired) electrons. The van der Waals surface area contributed by atoms with Gasteiger partial charge in [-0.15, -0.1) is 10.2 Å². The molecule has 1 amide bonds. The van der Waals surface area contributed by atoms with Gasteiger partial charge in [-0.25, -0.2) is 0 Å². The zero-order valence-corrected chi connectivity index (χ0v) is 15.6. The summed E-state index contributed by atoms with van der Waals surface area (Å²) in [6.45, 7) is 2.65. The van der Waals surface area contributed by atoms with Crippen molar-refractivity contribution < 1.29 is 9.21 Å². The molecule has 1 unspecified atom stereocenters. The fourth-order valence-corrected chi connectivity index (χ4v) is 4.01. The van der Waals surface area contributed by atoms with E-state index in [4.69, 9.17) is 16.0 Å². The number of rotatable bonds is 4. The maximum atomic E-state index is 12.7. The van der Waals surface area contributed by atoms with Crippen molar-refractivity contribution in [3.8, 4) is 11.5 Å². The van der Waals surface area contributed by atoms with Gasteiger partial charge in [0.15, 0.2) is 0 Å². The lowest BCUT2D eigenvalue weighted by Gasteiger charge is -2.17. The number of thioether (sulfide) groups is 1. The van der Waals surface area contributed by atoms with Crippen molar-refractivity contribution in [2.45, 2.75) is 23.8 Å². The zero-order chi connectivity index (χ0) is 18.1. The summed E-state index contributed by atoms with van der Waals surface area (Å²) in [4.78, 5) is 14.5. The first-order chi connectivity index (χ1) is 12.6. The van der Waals surface area contributed by atoms with Gasteiger partial charge in [0, 0.05) is 12.1 Å². The molecule has 1 aliphatic heterocycles. The van der Waals surface area contributed by atoms with Crippen LogP contribution in [0.15, 0.2) is 58.2 Å². The number of para-hydroxylation sites is 1. The van der Waals surface area contributed by atoms with E-state index in [1.165, 1.54) is 17.3 Å². The van der Waals surface area contributed by atoms with E-state index in [1.807, 2.05) is 49.4 Å². The second kappa shape index (κ2) is 7.13. The molecule has 0 saturated carbocycles. The number of carbonyl (C=O) groups is 1. The number of hydrogen-bond donors (Lipinski definition) is 0. The van der Waals surface area contributed by atoms with Crippen LogP contribution < -0.4 is 4.90 Å². The van der Waals surface area contributed by atoms with Gasteiger partial charge in [0.2, 0.25) is 11.8 Å². The molecule has 2 aromatic carbocycles. The summed E-state index contributed by atoms with van der Waals surface area (Å²) < 4.78 is 5.73. The Morgan fingerprint density at radius 1 is 1.15 bits per heavy atom. The Kier molecular flexibility index (Phi) is 4.70. The highest BCUT2D eigenvalue weighted by atomic mass is 35.5. The molecule has 0 aliphatic carbocycles. The van der Waals surface area contributed by atoms with Crippen LogP contribution in [0.2, 0.25) is 5.02 Å². The Bertz CT molecular complexity index is 942. The largest absolute Gasteiger partial charge is 0.411 e. The van der Waals surface area contributed by atoms with E-state index in [0.29, 0.717) is 29.1 Å². The Labute approximate surface area is 160 Å². The number of carbonyl (C=O) groups excluding carboxylic acids is 1.